The van der Waals surface area contributed by atoms with Gasteiger partial charge < -0.3 is 10.1 Å². The van der Waals surface area contributed by atoms with E-state index in [4.69, 9.17) is 16.3 Å². The van der Waals surface area contributed by atoms with Crippen molar-refractivity contribution in [3.8, 4) is 5.75 Å². The lowest BCUT2D eigenvalue weighted by Crippen LogP contribution is -2.44. The van der Waals surface area contributed by atoms with Crippen molar-refractivity contribution in [2.75, 3.05) is 45.9 Å². The first kappa shape index (κ1) is 24.7. The molecule has 34 heavy (non-hydrogen) atoms. The van der Waals surface area contributed by atoms with Gasteiger partial charge in [-0.05, 0) is 74.7 Å². The molecule has 0 spiro atoms. The van der Waals surface area contributed by atoms with E-state index in [0.29, 0.717) is 5.56 Å². The van der Waals surface area contributed by atoms with Crippen LogP contribution in [0.1, 0.15) is 41.6 Å². The van der Waals surface area contributed by atoms with Gasteiger partial charge in [-0.25, -0.2) is 4.39 Å². The highest BCUT2D eigenvalue weighted by Crippen LogP contribution is 2.18. The van der Waals surface area contributed by atoms with Gasteiger partial charge in [0.2, 0.25) is 0 Å². The Bertz CT molecular complexity index is 968. The third-order valence-corrected chi connectivity index (χ3v) is 6.82. The van der Waals surface area contributed by atoms with Crippen LogP contribution < -0.4 is 10.1 Å². The summed E-state index contributed by atoms with van der Waals surface area (Å²) >= 11 is 5.79. The molecule has 0 bridgehead atoms. The fourth-order valence-electron chi connectivity index (χ4n) is 4.48. The van der Waals surface area contributed by atoms with Gasteiger partial charge in [0.25, 0.3) is 5.91 Å². The average molecular weight is 486 g/mol. The quantitative estimate of drug-likeness (QED) is 0.551. The third-order valence-electron chi connectivity index (χ3n) is 6.53. The molecule has 0 atom stereocenters. The van der Waals surface area contributed by atoms with Crippen LogP contribution in [0.3, 0.4) is 0 Å². The van der Waals surface area contributed by atoms with Crippen molar-refractivity contribution >= 4 is 23.6 Å². The van der Waals surface area contributed by atoms with Gasteiger partial charge in [-0.1, -0.05) is 35.9 Å². The lowest BCUT2D eigenvalue weighted by atomic mass is 10.0. The molecule has 5 nitrogen and oxygen atoms in total. The molecule has 0 aliphatic carbocycles. The summed E-state index contributed by atoms with van der Waals surface area (Å²) in [4.78, 5) is 17.2. The van der Waals surface area contributed by atoms with E-state index in [1.165, 1.54) is 44.1 Å². The second-order valence-electron chi connectivity index (χ2n) is 9.05. The van der Waals surface area contributed by atoms with Crippen LogP contribution in [-0.2, 0) is 0 Å². The predicted octanol–water partition coefficient (Wildman–Crippen LogP) is 4.86. The molecule has 2 aromatic rings. The number of carbonyl (C=O) groups excluding carboxylic acids is 1. The summed E-state index contributed by atoms with van der Waals surface area (Å²) in [7, 11) is 0. The molecule has 182 valence electrons. The van der Waals surface area contributed by atoms with Crippen LogP contribution in [0.25, 0.3) is 6.08 Å². The highest BCUT2D eigenvalue weighted by Gasteiger charge is 2.21. The Morgan fingerprint density at radius 3 is 2.50 bits per heavy atom. The van der Waals surface area contributed by atoms with E-state index in [0.717, 1.165) is 56.9 Å². The fraction of sp³-hybridized carbons (Fsp3) is 0.444. The first-order valence-corrected chi connectivity index (χ1v) is 12.5. The molecular formula is C27H33ClFN3O2. The summed E-state index contributed by atoms with van der Waals surface area (Å²) in [5, 5.41) is 3.01. The minimum absolute atomic E-state index is 0.0334. The number of piperidine rings is 1. The van der Waals surface area contributed by atoms with Crippen molar-refractivity contribution in [1.29, 1.82) is 0 Å². The van der Waals surface area contributed by atoms with Crippen LogP contribution >= 0.6 is 11.6 Å². The Labute approximate surface area is 206 Å². The van der Waals surface area contributed by atoms with E-state index < -0.39 is 5.82 Å². The van der Waals surface area contributed by atoms with Gasteiger partial charge in [-0.3, -0.25) is 14.6 Å². The second-order valence-corrected chi connectivity index (χ2v) is 9.45. The highest BCUT2D eigenvalue weighted by atomic mass is 35.5. The van der Waals surface area contributed by atoms with E-state index in [9.17, 15) is 9.18 Å². The second kappa shape index (κ2) is 12.3. The molecule has 2 saturated heterocycles. The van der Waals surface area contributed by atoms with Crippen LogP contribution in [0.5, 0.6) is 5.75 Å². The van der Waals surface area contributed by atoms with Gasteiger partial charge in [0.05, 0.1) is 5.02 Å². The average Bonchev–Trinajstić information content (AvgIpc) is 3.36. The number of hydrogen-bond acceptors (Lipinski definition) is 4. The molecule has 4 rings (SSSR count). The van der Waals surface area contributed by atoms with Crippen LogP contribution in [0.2, 0.25) is 5.02 Å². The number of rotatable bonds is 9. The summed E-state index contributed by atoms with van der Waals surface area (Å²) in [5.41, 5.74) is 1.55. The third kappa shape index (κ3) is 7.29. The molecule has 1 N–H and O–H groups in total. The topological polar surface area (TPSA) is 44.8 Å². The Balaban J connectivity index is 1.14. The number of amides is 1. The number of nitrogens with zero attached hydrogens (tertiary/aromatic N) is 2. The van der Waals surface area contributed by atoms with Crippen LogP contribution in [-0.4, -0.2) is 67.6 Å². The molecule has 2 fully saturated rings. The molecule has 0 aromatic heterocycles. The molecule has 2 aliphatic rings. The first-order valence-electron chi connectivity index (χ1n) is 12.2. The number of benzene rings is 2. The molecule has 0 unspecified atom stereocenters. The van der Waals surface area contributed by atoms with Crippen molar-refractivity contribution in [3.05, 3.63) is 70.5 Å². The van der Waals surface area contributed by atoms with Gasteiger partial charge in [0.1, 0.15) is 18.2 Å². The van der Waals surface area contributed by atoms with E-state index in [-0.39, 0.29) is 17.0 Å². The van der Waals surface area contributed by atoms with Crippen molar-refractivity contribution in [1.82, 2.24) is 15.1 Å². The normalized spacial score (nSPS) is 17.9. The SMILES string of the molecule is O=C(NC1CCN(C/C=C/c2ccc(OCCN3CCCC3)cc2)CC1)c1ccc(F)c(Cl)c1. The number of likely N-dealkylation sites (tertiary alicyclic amines) is 2. The van der Waals surface area contributed by atoms with Crippen molar-refractivity contribution in [3.63, 3.8) is 0 Å². The lowest BCUT2D eigenvalue weighted by molar-refractivity contribution is 0.0914. The van der Waals surface area contributed by atoms with Gasteiger partial charge in [0.15, 0.2) is 0 Å². The Morgan fingerprint density at radius 2 is 1.79 bits per heavy atom. The van der Waals surface area contributed by atoms with Gasteiger partial charge in [0, 0.05) is 37.8 Å². The lowest BCUT2D eigenvalue weighted by Gasteiger charge is -2.31. The van der Waals surface area contributed by atoms with Gasteiger partial charge >= 0.3 is 0 Å². The molecule has 0 saturated carbocycles. The molecule has 2 heterocycles. The van der Waals surface area contributed by atoms with E-state index >= 15 is 0 Å². The zero-order chi connectivity index (χ0) is 23.8. The molecule has 2 aliphatic heterocycles. The largest absolute Gasteiger partial charge is 0.492 e. The molecule has 0 radical (unpaired) electrons. The van der Waals surface area contributed by atoms with Crippen molar-refractivity contribution < 1.29 is 13.9 Å². The summed E-state index contributed by atoms with van der Waals surface area (Å²) in [5.74, 6) is 0.198. The maximum absolute atomic E-state index is 13.3. The monoisotopic (exact) mass is 485 g/mol. The zero-order valence-electron chi connectivity index (χ0n) is 19.5. The number of nitrogens with one attached hydrogen (secondary N) is 1. The predicted molar refractivity (Wildman–Crippen MR) is 135 cm³/mol. The maximum Gasteiger partial charge on any atom is 0.251 e. The fourth-order valence-corrected chi connectivity index (χ4v) is 4.66. The highest BCUT2D eigenvalue weighted by molar-refractivity contribution is 6.31. The first-order chi connectivity index (χ1) is 16.6. The number of hydrogen-bond donors (Lipinski definition) is 1. The van der Waals surface area contributed by atoms with E-state index in [1.54, 1.807) is 0 Å². The summed E-state index contributed by atoms with van der Waals surface area (Å²) in [6.07, 6.45) is 8.71. The minimum atomic E-state index is -0.517. The number of ether oxygens (including phenoxy) is 1. The molecule has 2 aromatic carbocycles. The maximum atomic E-state index is 13.3. The van der Waals surface area contributed by atoms with Crippen LogP contribution in [0.4, 0.5) is 4.39 Å². The van der Waals surface area contributed by atoms with Crippen molar-refractivity contribution in [2.24, 2.45) is 0 Å². The number of carbonyl (C=O) groups is 1. The van der Waals surface area contributed by atoms with Gasteiger partial charge in [-0.2, -0.15) is 0 Å². The number of halogens is 2. The van der Waals surface area contributed by atoms with Crippen molar-refractivity contribution in [2.45, 2.75) is 31.7 Å². The summed E-state index contributed by atoms with van der Waals surface area (Å²) in [6.45, 7) is 6.86. The smallest absolute Gasteiger partial charge is 0.251 e. The summed E-state index contributed by atoms with van der Waals surface area (Å²) in [6, 6.07) is 12.4. The molecule has 7 heteroatoms. The Kier molecular flexibility index (Phi) is 8.97. The van der Waals surface area contributed by atoms with E-state index in [2.05, 4.69) is 39.4 Å². The van der Waals surface area contributed by atoms with E-state index in [1.807, 2.05) is 12.1 Å². The molecular weight excluding hydrogens is 453 g/mol. The molecule has 1 amide bonds. The van der Waals surface area contributed by atoms with Gasteiger partial charge in [-0.15, -0.1) is 0 Å². The Morgan fingerprint density at radius 1 is 1.06 bits per heavy atom. The zero-order valence-corrected chi connectivity index (χ0v) is 20.3. The Hall–Kier alpha value is -2.41. The van der Waals surface area contributed by atoms with Crippen LogP contribution in [0.15, 0.2) is 48.5 Å². The minimum Gasteiger partial charge on any atom is -0.492 e. The summed E-state index contributed by atoms with van der Waals surface area (Å²) < 4.78 is 19.2. The van der Waals surface area contributed by atoms with Crippen LogP contribution in [0, 0.1) is 5.82 Å². The standard InChI is InChI=1S/C27H33ClFN3O2/c28-25-20-22(7-10-26(25)29)27(33)30-23-11-16-32(17-12-23)15-3-4-21-5-8-24(9-6-21)34-19-18-31-13-1-2-14-31/h3-10,20,23H,1-2,11-19H2,(H,30,33)/b4-3+.